The Morgan fingerprint density at radius 3 is 2.83 bits per heavy atom. The zero-order chi connectivity index (χ0) is 13.0. The molecule has 1 N–H and O–H groups in total. The number of fused-ring (bicyclic) bond motifs is 1. The lowest BCUT2D eigenvalue weighted by atomic mass is 9.99. The van der Waals surface area contributed by atoms with Gasteiger partial charge < -0.3 is 14.8 Å². The van der Waals surface area contributed by atoms with E-state index in [0.717, 1.165) is 11.3 Å². The highest BCUT2D eigenvalue weighted by Crippen LogP contribution is 2.33. The molecule has 98 valence electrons. The fourth-order valence-corrected chi connectivity index (χ4v) is 1.92. The van der Waals surface area contributed by atoms with Crippen LogP contribution in [0.5, 0.6) is 11.5 Å². The summed E-state index contributed by atoms with van der Waals surface area (Å²) in [5.41, 5.74) is 0.927. The molecule has 0 fully saturated rings. The van der Waals surface area contributed by atoms with Gasteiger partial charge in [0.1, 0.15) is 13.2 Å². The van der Waals surface area contributed by atoms with Crippen molar-refractivity contribution >= 4 is 18.5 Å². The maximum absolute atomic E-state index is 11.9. The Bertz CT molecular complexity index is 436. The third-order valence-corrected chi connectivity index (χ3v) is 3.09. The molecular weight excluding hydrogens is 250 g/mol. The Morgan fingerprint density at radius 1 is 1.39 bits per heavy atom. The number of carbonyl (C=O) groups is 1. The molecule has 0 spiro atoms. The van der Waals surface area contributed by atoms with E-state index in [0.29, 0.717) is 31.3 Å². The van der Waals surface area contributed by atoms with E-state index in [4.69, 9.17) is 9.47 Å². The number of rotatable bonds is 4. The highest BCUT2D eigenvalue weighted by Gasteiger charge is 2.18. The van der Waals surface area contributed by atoms with Gasteiger partial charge in [-0.3, -0.25) is 4.79 Å². The van der Waals surface area contributed by atoms with E-state index in [1.807, 2.05) is 25.1 Å². The van der Waals surface area contributed by atoms with Gasteiger partial charge >= 0.3 is 0 Å². The van der Waals surface area contributed by atoms with Crippen molar-refractivity contribution in [3.63, 3.8) is 0 Å². The molecule has 1 aliphatic heterocycles. The van der Waals surface area contributed by atoms with Crippen molar-refractivity contribution in [1.82, 2.24) is 5.32 Å². The number of ether oxygens (including phenoxy) is 2. The van der Waals surface area contributed by atoms with Crippen LogP contribution in [0.2, 0.25) is 0 Å². The van der Waals surface area contributed by atoms with Crippen molar-refractivity contribution in [3.8, 4) is 11.5 Å². The molecule has 1 aromatic rings. The van der Waals surface area contributed by atoms with E-state index in [-0.39, 0.29) is 11.8 Å². The number of carbonyl (C=O) groups excluding carboxylic acids is 1. The molecule has 0 aliphatic carbocycles. The Morgan fingerprint density at radius 2 is 2.11 bits per heavy atom. The van der Waals surface area contributed by atoms with Crippen molar-refractivity contribution in [2.24, 2.45) is 0 Å². The average Bonchev–Trinajstić information content (AvgIpc) is 2.43. The lowest BCUT2D eigenvalue weighted by Crippen LogP contribution is -2.29. The van der Waals surface area contributed by atoms with E-state index in [9.17, 15) is 4.79 Å². The van der Waals surface area contributed by atoms with E-state index in [2.05, 4.69) is 17.9 Å². The first-order valence-corrected chi connectivity index (χ1v) is 6.63. The molecule has 1 unspecified atom stereocenters. The summed E-state index contributed by atoms with van der Waals surface area (Å²) in [5, 5.41) is 2.82. The summed E-state index contributed by atoms with van der Waals surface area (Å²) >= 11 is 4.06. The maximum atomic E-state index is 11.9. The average molecular weight is 267 g/mol. The first-order valence-electron chi connectivity index (χ1n) is 6.00. The minimum absolute atomic E-state index is 0.000674. The summed E-state index contributed by atoms with van der Waals surface area (Å²) in [6.07, 6.45) is 0. The molecule has 0 aromatic heterocycles. The second kappa shape index (κ2) is 6.00. The van der Waals surface area contributed by atoms with Crippen molar-refractivity contribution < 1.29 is 14.3 Å². The van der Waals surface area contributed by atoms with Crippen LogP contribution in [0.3, 0.4) is 0 Å². The number of hydrogen-bond donors (Lipinski definition) is 2. The Labute approximate surface area is 112 Å². The largest absolute Gasteiger partial charge is 0.486 e. The van der Waals surface area contributed by atoms with E-state index in [1.165, 1.54) is 0 Å². The van der Waals surface area contributed by atoms with Crippen molar-refractivity contribution in [2.45, 2.75) is 12.8 Å². The van der Waals surface area contributed by atoms with Crippen LogP contribution in [0.1, 0.15) is 18.4 Å². The highest BCUT2D eigenvalue weighted by molar-refractivity contribution is 7.80. The molecule has 2 rings (SSSR count). The smallest absolute Gasteiger partial charge is 0.227 e. The van der Waals surface area contributed by atoms with Gasteiger partial charge in [0.25, 0.3) is 0 Å². The Hall–Kier alpha value is -1.36. The normalized spacial score (nSPS) is 15.0. The highest BCUT2D eigenvalue weighted by atomic mass is 32.1. The second-order valence-electron chi connectivity index (χ2n) is 4.14. The molecule has 1 aliphatic rings. The quantitative estimate of drug-likeness (QED) is 0.815. The molecule has 4 nitrogen and oxygen atoms in total. The summed E-state index contributed by atoms with van der Waals surface area (Å²) in [6, 6.07) is 5.63. The van der Waals surface area contributed by atoms with Crippen LogP contribution in [0.4, 0.5) is 0 Å². The number of benzene rings is 1. The summed E-state index contributed by atoms with van der Waals surface area (Å²) in [7, 11) is 0. The van der Waals surface area contributed by atoms with Gasteiger partial charge in [0.2, 0.25) is 5.91 Å². The zero-order valence-corrected chi connectivity index (χ0v) is 11.2. The predicted molar refractivity (Wildman–Crippen MR) is 72.7 cm³/mol. The molecule has 1 amide bonds. The lowest BCUT2D eigenvalue weighted by molar-refractivity contribution is -0.122. The standard InChI is InChI=1S/C13H17NO3S/c1-9(13(15)14-4-7-18)10-2-3-11-12(8-10)17-6-5-16-11/h2-3,8-9,18H,4-7H2,1H3,(H,14,15). The predicted octanol–water partition coefficient (Wildman–Crippen LogP) is 1.61. The zero-order valence-electron chi connectivity index (χ0n) is 10.3. The molecule has 0 bridgehead atoms. The maximum Gasteiger partial charge on any atom is 0.227 e. The molecule has 0 saturated carbocycles. The van der Waals surface area contributed by atoms with Gasteiger partial charge in [-0.05, 0) is 24.6 Å². The fraction of sp³-hybridized carbons (Fsp3) is 0.462. The third kappa shape index (κ3) is 2.90. The molecule has 1 heterocycles. The van der Waals surface area contributed by atoms with Gasteiger partial charge in [-0.25, -0.2) is 0 Å². The van der Waals surface area contributed by atoms with Crippen LogP contribution in [0.15, 0.2) is 18.2 Å². The fourth-order valence-electron chi connectivity index (χ4n) is 1.81. The molecule has 0 saturated heterocycles. The van der Waals surface area contributed by atoms with Crippen LogP contribution in [0, 0.1) is 0 Å². The SMILES string of the molecule is CC(C(=O)NCCS)c1ccc2c(c1)OCCO2. The minimum Gasteiger partial charge on any atom is -0.486 e. The molecule has 1 atom stereocenters. The van der Waals surface area contributed by atoms with Gasteiger partial charge in [-0.15, -0.1) is 0 Å². The number of hydrogen-bond acceptors (Lipinski definition) is 4. The lowest BCUT2D eigenvalue weighted by Gasteiger charge is -2.20. The van der Waals surface area contributed by atoms with Gasteiger partial charge in [-0.1, -0.05) is 6.07 Å². The van der Waals surface area contributed by atoms with Crippen LogP contribution < -0.4 is 14.8 Å². The molecule has 5 heteroatoms. The molecular formula is C13H17NO3S. The van der Waals surface area contributed by atoms with Crippen LogP contribution in [-0.2, 0) is 4.79 Å². The number of amides is 1. The van der Waals surface area contributed by atoms with Crippen LogP contribution in [0.25, 0.3) is 0 Å². The van der Waals surface area contributed by atoms with Gasteiger partial charge in [0.15, 0.2) is 11.5 Å². The van der Waals surface area contributed by atoms with Gasteiger partial charge in [0, 0.05) is 12.3 Å². The minimum atomic E-state index is -0.208. The third-order valence-electron chi connectivity index (χ3n) is 2.87. The Kier molecular flexibility index (Phi) is 4.36. The van der Waals surface area contributed by atoms with Crippen LogP contribution >= 0.6 is 12.6 Å². The van der Waals surface area contributed by atoms with Crippen molar-refractivity contribution in [1.29, 1.82) is 0 Å². The van der Waals surface area contributed by atoms with E-state index >= 15 is 0 Å². The van der Waals surface area contributed by atoms with Crippen molar-refractivity contribution in [3.05, 3.63) is 23.8 Å². The Balaban J connectivity index is 2.10. The number of thiol groups is 1. The van der Waals surface area contributed by atoms with Gasteiger partial charge in [0.05, 0.1) is 5.92 Å². The molecule has 1 aromatic carbocycles. The number of nitrogens with one attached hydrogen (secondary N) is 1. The van der Waals surface area contributed by atoms with Crippen molar-refractivity contribution in [2.75, 3.05) is 25.5 Å². The summed E-state index contributed by atoms with van der Waals surface area (Å²) < 4.78 is 11.0. The van der Waals surface area contributed by atoms with E-state index < -0.39 is 0 Å². The first kappa shape index (κ1) is 13.1. The summed E-state index contributed by atoms with van der Waals surface area (Å²) in [5.74, 6) is 1.89. The summed E-state index contributed by atoms with van der Waals surface area (Å²) in [4.78, 5) is 11.9. The summed E-state index contributed by atoms with van der Waals surface area (Å²) in [6.45, 7) is 3.58. The second-order valence-corrected chi connectivity index (χ2v) is 4.59. The topological polar surface area (TPSA) is 47.6 Å². The van der Waals surface area contributed by atoms with Gasteiger partial charge in [-0.2, -0.15) is 12.6 Å². The molecule has 0 radical (unpaired) electrons. The van der Waals surface area contributed by atoms with Crippen LogP contribution in [-0.4, -0.2) is 31.4 Å². The van der Waals surface area contributed by atoms with E-state index in [1.54, 1.807) is 0 Å². The first-order chi connectivity index (χ1) is 8.72. The molecule has 18 heavy (non-hydrogen) atoms. The monoisotopic (exact) mass is 267 g/mol.